The van der Waals surface area contributed by atoms with Crippen LogP contribution in [0.4, 0.5) is 16.0 Å². The molecule has 0 atom stereocenters. The van der Waals surface area contributed by atoms with Crippen LogP contribution in [0.5, 0.6) is 0 Å². The number of aromatic nitrogens is 2. The van der Waals surface area contributed by atoms with E-state index in [1.165, 1.54) is 18.9 Å². The van der Waals surface area contributed by atoms with Crippen molar-refractivity contribution < 1.29 is 9.18 Å². The molecule has 1 amide bonds. The van der Waals surface area contributed by atoms with Gasteiger partial charge in [-0.05, 0) is 25.0 Å². The molecule has 0 radical (unpaired) electrons. The highest BCUT2D eigenvalue weighted by molar-refractivity contribution is 5.93. The first-order valence-electron chi connectivity index (χ1n) is 9.58. The third-order valence-electron chi connectivity index (χ3n) is 5.35. The van der Waals surface area contributed by atoms with Gasteiger partial charge < -0.3 is 15.1 Å². The summed E-state index contributed by atoms with van der Waals surface area (Å²) in [6.45, 7) is 2.31. The largest absolute Gasteiger partial charge is 0.366 e. The Hall–Kier alpha value is -2.70. The van der Waals surface area contributed by atoms with Crippen molar-refractivity contribution in [3.63, 3.8) is 0 Å². The summed E-state index contributed by atoms with van der Waals surface area (Å²) in [5.41, 5.74) is 1.08. The van der Waals surface area contributed by atoms with Gasteiger partial charge in [0.15, 0.2) is 0 Å². The molecule has 1 N–H and O–H groups in total. The molecule has 2 aliphatic rings. The molecule has 0 unspecified atom stereocenters. The molecule has 2 heterocycles. The van der Waals surface area contributed by atoms with Crippen LogP contribution in [-0.4, -0.2) is 53.0 Å². The van der Waals surface area contributed by atoms with Crippen molar-refractivity contribution in [3.05, 3.63) is 48.0 Å². The van der Waals surface area contributed by atoms with Gasteiger partial charge in [0.2, 0.25) is 5.95 Å². The fourth-order valence-electron chi connectivity index (χ4n) is 3.81. The van der Waals surface area contributed by atoms with E-state index >= 15 is 0 Å². The molecule has 1 saturated heterocycles. The zero-order valence-corrected chi connectivity index (χ0v) is 15.3. The van der Waals surface area contributed by atoms with Crippen molar-refractivity contribution in [2.45, 2.75) is 31.7 Å². The van der Waals surface area contributed by atoms with Crippen LogP contribution in [0, 0.1) is 5.82 Å². The summed E-state index contributed by atoms with van der Waals surface area (Å²) < 4.78 is 13.9. The van der Waals surface area contributed by atoms with E-state index in [0.29, 0.717) is 49.4 Å². The smallest absolute Gasteiger partial charge is 0.257 e. The molecular formula is C20H24FN5O. The van der Waals surface area contributed by atoms with Crippen LogP contribution >= 0.6 is 0 Å². The highest BCUT2D eigenvalue weighted by Crippen LogP contribution is 2.22. The Labute approximate surface area is 158 Å². The van der Waals surface area contributed by atoms with E-state index in [2.05, 4.69) is 15.3 Å². The summed E-state index contributed by atoms with van der Waals surface area (Å²) in [5.74, 6) is 0.287. The molecular weight excluding hydrogens is 345 g/mol. The topological polar surface area (TPSA) is 61.4 Å². The van der Waals surface area contributed by atoms with E-state index in [4.69, 9.17) is 0 Å². The Morgan fingerprint density at radius 1 is 1.04 bits per heavy atom. The number of carbonyl (C=O) groups excluding carboxylic acids is 1. The molecule has 142 valence electrons. The quantitative estimate of drug-likeness (QED) is 0.898. The average molecular weight is 369 g/mol. The maximum absolute atomic E-state index is 13.9. The van der Waals surface area contributed by atoms with E-state index in [0.717, 1.165) is 12.8 Å². The second kappa shape index (κ2) is 7.90. The first-order valence-corrected chi connectivity index (χ1v) is 9.58. The predicted octanol–water partition coefficient (Wildman–Crippen LogP) is 2.93. The second-order valence-electron chi connectivity index (χ2n) is 7.15. The summed E-state index contributed by atoms with van der Waals surface area (Å²) in [7, 11) is 0. The molecule has 0 spiro atoms. The van der Waals surface area contributed by atoms with Gasteiger partial charge in [-0.2, -0.15) is 0 Å². The minimum absolute atomic E-state index is 0.0735. The van der Waals surface area contributed by atoms with Gasteiger partial charge in [0.05, 0.1) is 11.3 Å². The van der Waals surface area contributed by atoms with Gasteiger partial charge in [0.25, 0.3) is 5.91 Å². The van der Waals surface area contributed by atoms with Crippen molar-refractivity contribution in [3.8, 4) is 0 Å². The standard InChI is InChI=1S/C20H24FN5O/c21-17-7-3-4-8-18(17)25-9-11-26(12-10-25)19(27)15-13-22-20(23-14-15)24-16-5-1-2-6-16/h3-4,7-8,13-14,16H,1-2,5-6,9-12H2,(H,22,23,24). The molecule has 6 nitrogen and oxygen atoms in total. The zero-order chi connectivity index (χ0) is 18.6. The van der Waals surface area contributed by atoms with Crippen LogP contribution in [0.2, 0.25) is 0 Å². The summed E-state index contributed by atoms with van der Waals surface area (Å²) in [6.07, 6.45) is 7.97. The third kappa shape index (κ3) is 4.02. The third-order valence-corrected chi connectivity index (χ3v) is 5.35. The van der Waals surface area contributed by atoms with Gasteiger partial charge in [-0.3, -0.25) is 4.79 Å². The van der Waals surface area contributed by atoms with Gasteiger partial charge in [0, 0.05) is 44.6 Å². The normalized spacial score (nSPS) is 18.0. The predicted molar refractivity (Wildman–Crippen MR) is 102 cm³/mol. The lowest BCUT2D eigenvalue weighted by Crippen LogP contribution is -2.49. The van der Waals surface area contributed by atoms with E-state index in [1.54, 1.807) is 29.4 Å². The lowest BCUT2D eigenvalue weighted by Gasteiger charge is -2.36. The highest BCUT2D eigenvalue weighted by atomic mass is 19.1. The van der Waals surface area contributed by atoms with Crippen molar-refractivity contribution in [1.29, 1.82) is 0 Å². The first kappa shape index (κ1) is 17.7. The molecule has 1 aromatic heterocycles. The fourth-order valence-corrected chi connectivity index (χ4v) is 3.81. The van der Waals surface area contributed by atoms with E-state index in [-0.39, 0.29) is 11.7 Å². The molecule has 4 rings (SSSR count). The van der Waals surface area contributed by atoms with Gasteiger partial charge >= 0.3 is 0 Å². The monoisotopic (exact) mass is 369 g/mol. The highest BCUT2D eigenvalue weighted by Gasteiger charge is 2.24. The van der Waals surface area contributed by atoms with Crippen molar-refractivity contribution in [2.75, 3.05) is 36.4 Å². The number of para-hydroxylation sites is 1. The van der Waals surface area contributed by atoms with Crippen molar-refractivity contribution in [2.24, 2.45) is 0 Å². The number of carbonyl (C=O) groups is 1. The number of nitrogens with one attached hydrogen (secondary N) is 1. The Morgan fingerprint density at radius 2 is 1.70 bits per heavy atom. The number of anilines is 2. The minimum Gasteiger partial charge on any atom is -0.366 e. The van der Waals surface area contributed by atoms with Gasteiger partial charge in [-0.25, -0.2) is 14.4 Å². The summed E-state index contributed by atoms with van der Waals surface area (Å²) in [5, 5.41) is 3.33. The van der Waals surface area contributed by atoms with Crippen LogP contribution in [0.25, 0.3) is 0 Å². The molecule has 2 aromatic rings. The zero-order valence-electron chi connectivity index (χ0n) is 15.3. The summed E-state index contributed by atoms with van der Waals surface area (Å²) in [4.78, 5) is 25.1. The Kier molecular flexibility index (Phi) is 5.18. The maximum Gasteiger partial charge on any atom is 0.257 e. The molecule has 2 fully saturated rings. The van der Waals surface area contributed by atoms with E-state index < -0.39 is 0 Å². The summed E-state index contributed by atoms with van der Waals surface area (Å²) in [6, 6.07) is 7.19. The number of amides is 1. The van der Waals surface area contributed by atoms with Gasteiger partial charge in [-0.15, -0.1) is 0 Å². The number of hydrogen-bond donors (Lipinski definition) is 1. The summed E-state index contributed by atoms with van der Waals surface area (Å²) >= 11 is 0. The van der Waals surface area contributed by atoms with E-state index in [9.17, 15) is 9.18 Å². The van der Waals surface area contributed by atoms with Gasteiger partial charge in [0.1, 0.15) is 5.82 Å². The second-order valence-corrected chi connectivity index (χ2v) is 7.15. The average Bonchev–Trinajstić information content (AvgIpc) is 3.22. The van der Waals surface area contributed by atoms with Crippen LogP contribution in [0.1, 0.15) is 36.0 Å². The fraction of sp³-hybridized carbons (Fsp3) is 0.450. The molecule has 1 aromatic carbocycles. The lowest BCUT2D eigenvalue weighted by molar-refractivity contribution is 0.0746. The molecule has 1 saturated carbocycles. The van der Waals surface area contributed by atoms with Gasteiger partial charge in [-0.1, -0.05) is 25.0 Å². The Balaban J connectivity index is 1.34. The molecule has 1 aliphatic carbocycles. The van der Waals surface area contributed by atoms with Crippen molar-refractivity contribution >= 4 is 17.5 Å². The molecule has 0 bridgehead atoms. The number of rotatable bonds is 4. The lowest BCUT2D eigenvalue weighted by atomic mass is 10.2. The molecule has 1 aliphatic heterocycles. The Morgan fingerprint density at radius 3 is 2.37 bits per heavy atom. The molecule has 27 heavy (non-hydrogen) atoms. The Bertz CT molecular complexity index is 783. The maximum atomic E-state index is 13.9. The van der Waals surface area contributed by atoms with E-state index in [1.807, 2.05) is 11.0 Å². The number of nitrogens with zero attached hydrogens (tertiary/aromatic N) is 4. The SMILES string of the molecule is O=C(c1cnc(NC2CCCC2)nc1)N1CCN(c2ccccc2F)CC1. The van der Waals surface area contributed by atoms with Crippen molar-refractivity contribution in [1.82, 2.24) is 14.9 Å². The number of piperazine rings is 1. The molecule has 7 heteroatoms. The van der Waals surface area contributed by atoms with Crippen LogP contribution in [-0.2, 0) is 0 Å². The minimum atomic E-state index is -0.226. The number of benzene rings is 1. The van der Waals surface area contributed by atoms with Crippen LogP contribution < -0.4 is 10.2 Å². The number of halogens is 1. The first-order chi connectivity index (χ1) is 13.2. The van der Waals surface area contributed by atoms with Crippen LogP contribution in [0.3, 0.4) is 0 Å². The van der Waals surface area contributed by atoms with Crippen LogP contribution in [0.15, 0.2) is 36.7 Å². The number of hydrogen-bond acceptors (Lipinski definition) is 5.